The number of fused-ring (bicyclic) bond motifs is 1. The van der Waals surface area contributed by atoms with Gasteiger partial charge in [0.05, 0.1) is 12.7 Å². The smallest absolute Gasteiger partial charge is 0.272 e. The van der Waals surface area contributed by atoms with Crippen LogP contribution >= 0.6 is 0 Å². The lowest BCUT2D eigenvalue weighted by Crippen LogP contribution is -2.12. The van der Waals surface area contributed by atoms with E-state index in [0.29, 0.717) is 12.3 Å². The molecule has 1 amide bonds. The van der Waals surface area contributed by atoms with Crippen molar-refractivity contribution in [1.29, 1.82) is 0 Å². The molecule has 0 atom stereocenters. The van der Waals surface area contributed by atoms with E-state index in [4.69, 9.17) is 4.74 Å². The molecule has 0 aliphatic rings. The average molecular weight is 336 g/mol. The number of amides is 1. The van der Waals surface area contributed by atoms with Crippen molar-refractivity contribution < 1.29 is 9.53 Å². The van der Waals surface area contributed by atoms with Crippen molar-refractivity contribution in [3.8, 4) is 0 Å². The molecule has 0 saturated heterocycles. The van der Waals surface area contributed by atoms with E-state index < -0.39 is 0 Å². The number of carbonyl (C=O) groups is 1. The van der Waals surface area contributed by atoms with Gasteiger partial charge in [-0.15, -0.1) is 0 Å². The van der Waals surface area contributed by atoms with E-state index in [0.717, 1.165) is 27.7 Å². The zero-order valence-corrected chi connectivity index (χ0v) is 15.1. The maximum Gasteiger partial charge on any atom is 0.272 e. The van der Waals surface area contributed by atoms with Gasteiger partial charge in [0.25, 0.3) is 5.91 Å². The number of rotatable bonds is 5. The van der Waals surface area contributed by atoms with Crippen LogP contribution in [0.3, 0.4) is 0 Å². The van der Waals surface area contributed by atoms with E-state index in [9.17, 15) is 4.79 Å². The van der Waals surface area contributed by atoms with E-state index in [1.165, 1.54) is 5.56 Å². The molecule has 130 valence electrons. The van der Waals surface area contributed by atoms with Crippen LogP contribution in [0.25, 0.3) is 10.9 Å². The first-order valence-electron chi connectivity index (χ1n) is 8.54. The van der Waals surface area contributed by atoms with Gasteiger partial charge in [-0.3, -0.25) is 4.79 Å². The number of aryl methyl sites for hydroxylation is 2. The lowest BCUT2D eigenvalue weighted by molar-refractivity contribution is 0.0657. The van der Waals surface area contributed by atoms with Gasteiger partial charge in [0.2, 0.25) is 0 Å². The lowest BCUT2D eigenvalue weighted by atomic mass is 10.1. The Morgan fingerprint density at radius 1 is 1.16 bits per heavy atom. The highest BCUT2D eigenvalue weighted by Crippen LogP contribution is 2.22. The van der Waals surface area contributed by atoms with Crippen LogP contribution in [0.4, 0.5) is 5.69 Å². The number of hydrogen-bond donors (Lipinski definition) is 2. The number of aromatic amines is 1. The average Bonchev–Trinajstić information content (AvgIpc) is 2.98. The molecule has 2 aromatic carbocycles. The molecule has 0 aliphatic heterocycles. The summed E-state index contributed by atoms with van der Waals surface area (Å²) in [7, 11) is 0. The third-order valence-corrected chi connectivity index (χ3v) is 4.10. The summed E-state index contributed by atoms with van der Waals surface area (Å²) in [6.45, 7) is 8.66. The quantitative estimate of drug-likeness (QED) is 0.692. The zero-order valence-electron chi connectivity index (χ0n) is 15.1. The number of benzene rings is 2. The molecular formula is C21H24N2O2. The van der Waals surface area contributed by atoms with Crippen molar-refractivity contribution in [2.45, 2.75) is 40.4 Å². The summed E-state index contributed by atoms with van der Waals surface area (Å²) < 4.78 is 5.62. The van der Waals surface area contributed by atoms with E-state index >= 15 is 0 Å². The van der Waals surface area contributed by atoms with Gasteiger partial charge < -0.3 is 15.0 Å². The van der Waals surface area contributed by atoms with Crippen LogP contribution < -0.4 is 5.32 Å². The van der Waals surface area contributed by atoms with Crippen molar-refractivity contribution in [1.82, 2.24) is 4.98 Å². The Morgan fingerprint density at radius 2 is 1.96 bits per heavy atom. The molecule has 0 aliphatic carbocycles. The highest BCUT2D eigenvalue weighted by atomic mass is 16.5. The van der Waals surface area contributed by atoms with E-state index in [1.807, 2.05) is 44.2 Å². The standard InChI is InChI=1S/C21H24N2O2/c1-13(2)25-12-16-6-5-7-17(10-16)22-21(24)20-11-18-15(4)8-14(3)9-19(18)23-20/h5-11,13,23H,12H2,1-4H3,(H,22,24). The van der Waals surface area contributed by atoms with Gasteiger partial charge in [-0.05, 0) is 68.7 Å². The number of nitrogens with one attached hydrogen (secondary N) is 2. The highest BCUT2D eigenvalue weighted by Gasteiger charge is 2.12. The Hall–Kier alpha value is -2.59. The minimum absolute atomic E-state index is 0.143. The number of anilines is 1. The van der Waals surface area contributed by atoms with E-state index in [2.05, 4.69) is 36.3 Å². The zero-order chi connectivity index (χ0) is 18.0. The predicted octanol–water partition coefficient (Wildman–Crippen LogP) is 4.96. The van der Waals surface area contributed by atoms with Crippen molar-refractivity contribution in [2.75, 3.05) is 5.32 Å². The van der Waals surface area contributed by atoms with Crippen molar-refractivity contribution >= 4 is 22.5 Å². The van der Waals surface area contributed by atoms with Gasteiger partial charge in [-0.1, -0.05) is 18.2 Å². The van der Waals surface area contributed by atoms with Gasteiger partial charge in [-0.2, -0.15) is 0 Å². The summed E-state index contributed by atoms with van der Waals surface area (Å²) in [4.78, 5) is 15.8. The first kappa shape index (κ1) is 17.2. The molecule has 0 saturated carbocycles. The second kappa shape index (κ2) is 7.11. The fourth-order valence-corrected chi connectivity index (χ4v) is 2.92. The molecule has 3 rings (SSSR count). The molecule has 0 unspecified atom stereocenters. The van der Waals surface area contributed by atoms with Crippen LogP contribution in [-0.2, 0) is 11.3 Å². The minimum Gasteiger partial charge on any atom is -0.374 e. The summed E-state index contributed by atoms with van der Waals surface area (Å²) in [5, 5.41) is 4.03. The second-order valence-electron chi connectivity index (χ2n) is 6.74. The Balaban J connectivity index is 1.78. The SMILES string of the molecule is Cc1cc(C)c2cc(C(=O)Nc3cccc(COC(C)C)c3)[nH]c2c1. The molecule has 0 bridgehead atoms. The predicted molar refractivity (Wildman–Crippen MR) is 102 cm³/mol. The lowest BCUT2D eigenvalue weighted by Gasteiger charge is -2.09. The summed E-state index contributed by atoms with van der Waals surface area (Å²) in [5.74, 6) is -0.143. The van der Waals surface area contributed by atoms with Crippen LogP contribution in [0.15, 0.2) is 42.5 Å². The largest absolute Gasteiger partial charge is 0.374 e. The molecular weight excluding hydrogens is 312 g/mol. The number of carbonyl (C=O) groups excluding carboxylic acids is 1. The van der Waals surface area contributed by atoms with Gasteiger partial charge in [0.15, 0.2) is 0 Å². The molecule has 2 N–H and O–H groups in total. The molecule has 4 heteroatoms. The number of hydrogen-bond acceptors (Lipinski definition) is 2. The summed E-state index contributed by atoms with van der Waals surface area (Å²) in [6.07, 6.45) is 0.177. The summed E-state index contributed by atoms with van der Waals surface area (Å²) in [6, 6.07) is 13.8. The normalized spacial score (nSPS) is 11.2. The summed E-state index contributed by atoms with van der Waals surface area (Å²) >= 11 is 0. The minimum atomic E-state index is -0.143. The molecule has 0 radical (unpaired) electrons. The molecule has 1 aromatic heterocycles. The molecule has 0 spiro atoms. The van der Waals surface area contributed by atoms with Gasteiger partial charge in [-0.25, -0.2) is 0 Å². The first-order valence-corrected chi connectivity index (χ1v) is 8.54. The van der Waals surface area contributed by atoms with E-state index in [1.54, 1.807) is 0 Å². The van der Waals surface area contributed by atoms with Gasteiger partial charge in [0, 0.05) is 16.6 Å². The molecule has 25 heavy (non-hydrogen) atoms. The van der Waals surface area contributed by atoms with Crippen molar-refractivity contribution in [3.05, 3.63) is 64.8 Å². The van der Waals surface area contributed by atoms with E-state index in [-0.39, 0.29) is 12.0 Å². The fourth-order valence-electron chi connectivity index (χ4n) is 2.92. The molecule has 4 nitrogen and oxygen atoms in total. The fraction of sp³-hybridized carbons (Fsp3) is 0.286. The maximum absolute atomic E-state index is 12.6. The first-order chi connectivity index (χ1) is 11.9. The number of aromatic nitrogens is 1. The van der Waals surface area contributed by atoms with Crippen LogP contribution in [0.5, 0.6) is 0 Å². The number of ether oxygens (including phenoxy) is 1. The highest BCUT2D eigenvalue weighted by molar-refractivity contribution is 6.06. The van der Waals surface area contributed by atoms with Crippen LogP contribution in [0.2, 0.25) is 0 Å². The molecule has 0 fully saturated rings. The second-order valence-corrected chi connectivity index (χ2v) is 6.74. The van der Waals surface area contributed by atoms with Crippen molar-refractivity contribution in [2.24, 2.45) is 0 Å². The molecule has 1 heterocycles. The third kappa shape index (κ3) is 4.09. The van der Waals surface area contributed by atoms with Gasteiger partial charge in [0.1, 0.15) is 5.69 Å². The summed E-state index contributed by atoms with van der Waals surface area (Å²) in [5.41, 5.74) is 5.69. The topological polar surface area (TPSA) is 54.1 Å². The Bertz CT molecular complexity index is 909. The Kier molecular flexibility index (Phi) is 4.91. The third-order valence-electron chi connectivity index (χ3n) is 4.10. The monoisotopic (exact) mass is 336 g/mol. The van der Waals surface area contributed by atoms with Crippen LogP contribution in [0.1, 0.15) is 41.0 Å². The van der Waals surface area contributed by atoms with Crippen molar-refractivity contribution in [3.63, 3.8) is 0 Å². The van der Waals surface area contributed by atoms with Crippen LogP contribution in [0, 0.1) is 13.8 Å². The Morgan fingerprint density at radius 3 is 2.72 bits per heavy atom. The van der Waals surface area contributed by atoms with Gasteiger partial charge >= 0.3 is 0 Å². The molecule has 3 aromatic rings. The van der Waals surface area contributed by atoms with Crippen LogP contribution in [-0.4, -0.2) is 17.0 Å². The maximum atomic E-state index is 12.6. The Labute approximate surface area is 148 Å². The number of H-pyrrole nitrogens is 1.